The van der Waals surface area contributed by atoms with E-state index in [-0.39, 0.29) is 11.9 Å². The van der Waals surface area contributed by atoms with Gasteiger partial charge in [-0.25, -0.2) is 9.97 Å². The van der Waals surface area contributed by atoms with Crippen LogP contribution in [-0.2, 0) is 6.42 Å². The lowest BCUT2D eigenvalue weighted by molar-refractivity contribution is 0.0931. The highest BCUT2D eigenvalue weighted by Gasteiger charge is 2.25. The summed E-state index contributed by atoms with van der Waals surface area (Å²) in [5, 5.41) is 3.11. The SMILES string of the molecule is Cc1cc(C(=O)N[C@H]2CCCc3nc(-c4ccccn4)ncc32)c(C)o1. The Hall–Kier alpha value is -3.02. The van der Waals surface area contributed by atoms with E-state index in [0.717, 1.165) is 42.0 Å². The first-order valence-corrected chi connectivity index (χ1v) is 8.77. The van der Waals surface area contributed by atoms with Gasteiger partial charge in [0.2, 0.25) is 0 Å². The molecule has 3 aromatic heterocycles. The monoisotopic (exact) mass is 348 g/mol. The molecule has 0 saturated heterocycles. The second-order valence-electron chi connectivity index (χ2n) is 6.56. The molecule has 132 valence electrons. The molecular formula is C20H20N4O2. The van der Waals surface area contributed by atoms with E-state index < -0.39 is 0 Å². The zero-order valence-corrected chi connectivity index (χ0v) is 14.8. The number of pyridine rings is 1. The number of amides is 1. The van der Waals surface area contributed by atoms with Crippen LogP contribution in [0.3, 0.4) is 0 Å². The van der Waals surface area contributed by atoms with Crippen LogP contribution in [0.4, 0.5) is 0 Å². The maximum absolute atomic E-state index is 12.6. The van der Waals surface area contributed by atoms with Crippen molar-refractivity contribution in [2.45, 2.75) is 39.2 Å². The first-order chi connectivity index (χ1) is 12.6. The van der Waals surface area contributed by atoms with Crippen LogP contribution in [0.2, 0.25) is 0 Å². The van der Waals surface area contributed by atoms with Gasteiger partial charge in [0.1, 0.15) is 17.2 Å². The van der Waals surface area contributed by atoms with Crippen LogP contribution in [0, 0.1) is 13.8 Å². The quantitative estimate of drug-likeness (QED) is 0.783. The molecule has 0 saturated carbocycles. The molecule has 1 aliphatic rings. The third-order valence-corrected chi connectivity index (χ3v) is 4.67. The zero-order chi connectivity index (χ0) is 18.1. The van der Waals surface area contributed by atoms with Crippen molar-refractivity contribution < 1.29 is 9.21 Å². The average Bonchev–Trinajstić information content (AvgIpc) is 3.00. The molecule has 1 atom stereocenters. The van der Waals surface area contributed by atoms with E-state index in [4.69, 9.17) is 9.40 Å². The number of carbonyl (C=O) groups excluding carboxylic acids is 1. The van der Waals surface area contributed by atoms with Gasteiger partial charge in [0.25, 0.3) is 5.91 Å². The van der Waals surface area contributed by atoms with Crippen molar-refractivity contribution in [2.75, 3.05) is 0 Å². The van der Waals surface area contributed by atoms with Crippen molar-refractivity contribution in [2.24, 2.45) is 0 Å². The highest BCUT2D eigenvalue weighted by Crippen LogP contribution is 2.30. The molecule has 0 spiro atoms. The van der Waals surface area contributed by atoms with Gasteiger partial charge in [-0.1, -0.05) is 6.07 Å². The fourth-order valence-electron chi connectivity index (χ4n) is 3.41. The van der Waals surface area contributed by atoms with Crippen molar-refractivity contribution >= 4 is 5.91 Å². The van der Waals surface area contributed by atoms with Crippen LogP contribution in [0.25, 0.3) is 11.5 Å². The molecule has 0 radical (unpaired) electrons. The molecule has 6 heteroatoms. The smallest absolute Gasteiger partial charge is 0.255 e. The van der Waals surface area contributed by atoms with E-state index >= 15 is 0 Å². The van der Waals surface area contributed by atoms with E-state index in [1.165, 1.54) is 0 Å². The lowest BCUT2D eigenvalue weighted by atomic mass is 9.92. The molecule has 0 bridgehead atoms. The summed E-state index contributed by atoms with van der Waals surface area (Å²) in [4.78, 5) is 26.1. The van der Waals surface area contributed by atoms with Crippen molar-refractivity contribution in [1.82, 2.24) is 20.3 Å². The van der Waals surface area contributed by atoms with Crippen molar-refractivity contribution in [3.8, 4) is 11.5 Å². The first-order valence-electron chi connectivity index (χ1n) is 8.77. The highest BCUT2D eigenvalue weighted by molar-refractivity contribution is 5.95. The number of hydrogen-bond acceptors (Lipinski definition) is 5. The number of carbonyl (C=O) groups is 1. The third kappa shape index (κ3) is 3.10. The summed E-state index contributed by atoms with van der Waals surface area (Å²) in [5.41, 5.74) is 3.31. The second kappa shape index (κ2) is 6.71. The molecule has 4 rings (SSSR count). The Kier molecular flexibility index (Phi) is 4.24. The highest BCUT2D eigenvalue weighted by atomic mass is 16.3. The number of furan rings is 1. The fraction of sp³-hybridized carbons (Fsp3) is 0.300. The number of rotatable bonds is 3. The van der Waals surface area contributed by atoms with E-state index in [1.54, 1.807) is 19.2 Å². The van der Waals surface area contributed by atoms with Crippen LogP contribution in [-0.4, -0.2) is 20.9 Å². The Morgan fingerprint density at radius 2 is 2.15 bits per heavy atom. The van der Waals surface area contributed by atoms with Crippen LogP contribution < -0.4 is 5.32 Å². The molecule has 3 aromatic rings. The van der Waals surface area contributed by atoms with Gasteiger partial charge in [0, 0.05) is 23.7 Å². The van der Waals surface area contributed by atoms with Gasteiger partial charge in [0.05, 0.1) is 11.6 Å². The van der Waals surface area contributed by atoms with E-state index in [9.17, 15) is 4.79 Å². The lowest BCUT2D eigenvalue weighted by Crippen LogP contribution is -2.31. The van der Waals surface area contributed by atoms with Crippen molar-refractivity contribution in [3.05, 3.63) is 65.0 Å². The molecule has 3 heterocycles. The lowest BCUT2D eigenvalue weighted by Gasteiger charge is -2.25. The number of nitrogens with one attached hydrogen (secondary N) is 1. The summed E-state index contributed by atoms with van der Waals surface area (Å²) in [7, 11) is 0. The zero-order valence-electron chi connectivity index (χ0n) is 14.8. The van der Waals surface area contributed by atoms with Gasteiger partial charge in [-0.2, -0.15) is 0 Å². The number of nitrogens with zero attached hydrogens (tertiary/aromatic N) is 3. The Labute approximate surface area is 151 Å². The first kappa shape index (κ1) is 16.4. The molecule has 0 aliphatic heterocycles. The third-order valence-electron chi connectivity index (χ3n) is 4.67. The van der Waals surface area contributed by atoms with Crippen molar-refractivity contribution in [3.63, 3.8) is 0 Å². The molecule has 1 amide bonds. The summed E-state index contributed by atoms with van der Waals surface area (Å²) < 4.78 is 5.47. The molecule has 1 N–H and O–H groups in total. The average molecular weight is 348 g/mol. The summed E-state index contributed by atoms with van der Waals surface area (Å²) in [6, 6.07) is 7.37. The molecule has 26 heavy (non-hydrogen) atoms. The molecule has 0 fully saturated rings. The van der Waals surface area contributed by atoms with Gasteiger partial charge in [-0.05, 0) is 51.3 Å². The summed E-state index contributed by atoms with van der Waals surface area (Å²) in [6.45, 7) is 3.64. The molecule has 1 aliphatic carbocycles. The summed E-state index contributed by atoms with van der Waals surface area (Å²) in [6.07, 6.45) is 6.29. The van der Waals surface area contributed by atoms with Crippen LogP contribution in [0.5, 0.6) is 0 Å². The summed E-state index contributed by atoms with van der Waals surface area (Å²) >= 11 is 0. The van der Waals surface area contributed by atoms with E-state index in [0.29, 0.717) is 17.1 Å². The second-order valence-corrected chi connectivity index (χ2v) is 6.56. The van der Waals surface area contributed by atoms with Gasteiger partial charge >= 0.3 is 0 Å². The number of fused-ring (bicyclic) bond motifs is 1. The van der Waals surface area contributed by atoms with E-state index in [2.05, 4.69) is 15.3 Å². The Morgan fingerprint density at radius 3 is 2.88 bits per heavy atom. The normalized spacial score (nSPS) is 16.2. The number of hydrogen-bond donors (Lipinski definition) is 1. The van der Waals surface area contributed by atoms with Gasteiger partial charge in [-0.15, -0.1) is 0 Å². The minimum atomic E-state index is -0.119. The Bertz CT molecular complexity index is 950. The van der Waals surface area contributed by atoms with Crippen LogP contribution in [0.1, 0.15) is 52.0 Å². The van der Waals surface area contributed by atoms with E-state index in [1.807, 2.05) is 31.3 Å². The standard InChI is InChI=1S/C20H20N4O2/c1-12-10-14(13(2)26-12)20(25)24-17-8-5-7-16-15(17)11-22-19(23-16)18-6-3-4-9-21-18/h3-4,6,9-11,17H,5,7-8H2,1-2H3,(H,24,25)/t17-/m0/s1. The van der Waals surface area contributed by atoms with Crippen molar-refractivity contribution in [1.29, 1.82) is 0 Å². The number of aryl methyl sites for hydroxylation is 3. The predicted octanol–water partition coefficient (Wildman–Crippen LogP) is 3.56. The van der Waals surface area contributed by atoms with Gasteiger partial charge in [0.15, 0.2) is 5.82 Å². The molecule has 0 unspecified atom stereocenters. The summed E-state index contributed by atoms with van der Waals surface area (Å²) in [5.74, 6) is 1.88. The minimum Gasteiger partial charge on any atom is -0.466 e. The fourth-order valence-corrected chi connectivity index (χ4v) is 3.41. The maximum atomic E-state index is 12.6. The predicted molar refractivity (Wildman–Crippen MR) is 96.6 cm³/mol. The Balaban J connectivity index is 1.59. The molecular weight excluding hydrogens is 328 g/mol. The van der Waals surface area contributed by atoms with Gasteiger partial charge < -0.3 is 9.73 Å². The van der Waals surface area contributed by atoms with Crippen LogP contribution in [0.15, 0.2) is 41.1 Å². The topological polar surface area (TPSA) is 80.9 Å². The molecule has 0 aromatic carbocycles. The maximum Gasteiger partial charge on any atom is 0.255 e. The largest absolute Gasteiger partial charge is 0.466 e. The van der Waals surface area contributed by atoms with Crippen LogP contribution >= 0.6 is 0 Å². The number of aromatic nitrogens is 3. The minimum absolute atomic E-state index is 0.0846. The molecule has 6 nitrogen and oxygen atoms in total. The van der Waals surface area contributed by atoms with Gasteiger partial charge in [-0.3, -0.25) is 9.78 Å². The Morgan fingerprint density at radius 1 is 1.27 bits per heavy atom.